The van der Waals surface area contributed by atoms with Gasteiger partial charge in [0, 0.05) is 16.2 Å². The molecule has 0 saturated carbocycles. The molecule has 1 unspecified atom stereocenters. The minimum absolute atomic E-state index is 0.169. The third-order valence-corrected chi connectivity index (χ3v) is 6.10. The van der Waals surface area contributed by atoms with Crippen LogP contribution in [0.2, 0.25) is 0 Å². The van der Waals surface area contributed by atoms with Gasteiger partial charge in [-0.25, -0.2) is 0 Å². The molecule has 0 aromatic heterocycles. The summed E-state index contributed by atoms with van der Waals surface area (Å²) in [6.07, 6.45) is 0.518. The summed E-state index contributed by atoms with van der Waals surface area (Å²) in [5, 5.41) is 0. The summed E-state index contributed by atoms with van der Waals surface area (Å²) in [5.41, 5.74) is 3.19. The van der Waals surface area contributed by atoms with Crippen LogP contribution in [-0.2, 0) is 19.1 Å². The number of ether oxygens (including phenoxy) is 2. The molecule has 0 fully saturated rings. The molecule has 0 radical (unpaired) electrons. The average Bonchev–Trinajstić information content (AvgIpc) is 2.82. The smallest absolute Gasteiger partial charge is 0.313 e. The number of carbonyl (C=O) groups is 2. The van der Waals surface area contributed by atoms with Crippen LogP contribution < -0.4 is 0 Å². The Hall–Kier alpha value is -3.05. The zero-order valence-corrected chi connectivity index (χ0v) is 19.3. The van der Waals surface area contributed by atoms with E-state index in [2.05, 4.69) is 36.4 Å². The van der Waals surface area contributed by atoms with Gasteiger partial charge in [-0.1, -0.05) is 72.4 Å². The minimum atomic E-state index is -0.522. The largest absolute Gasteiger partial charge is 0.466 e. The zero-order valence-electron chi connectivity index (χ0n) is 18.5. The fourth-order valence-electron chi connectivity index (χ4n) is 3.47. The zero-order chi connectivity index (χ0) is 22.8. The van der Waals surface area contributed by atoms with Crippen LogP contribution in [0.4, 0.5) is 0 Å². The topological polar surface area (TPSA) is 52.6 Å². The lowest BCUT2D eigenvalue weighted by Crippen LogP contribution is -2.18. The Labute approximate surface area is 194 Å². The van der Waals surface area contributed by atoms with Crippen molar-refractivity contribution in [3.8, 4) is 11.1 Å². The van der Waals surface area contributed by atoms with Gasteiger partial charge in [-0.3, -0.25) is 9.59 Å². The maximum absolute atomic E-state index is 12.7. The molecule has 3 rings (SSSR count). The molecule has 166 valence electrons. The predicted molar refractivity (Wildman–Crippen MR) is 128 cm³/mol. The van der Waals surface area contributed by atoms with Gasteiger partial charge in [-0.05, 0) is 55.2 Å². The third-order valence-electron chi connectivity index (χ3n) is 5.00. The fraction of sp³-hybridized carbons (Fsp3) is 0.259. The van der Waals surface area contributed by atoms with Crippen molar-refractivity contribution in [1.29, 1.82) is 0 Å². The summed E-state index contributed by atoms with van der Waals surface area (Å²) < 4.78 is 10.4. The Morgan fingerprint density at radius 3 is 2.09 bits per heavy atom. The van der Waals surface area contributed by atoms with Gasteiger partial charge in [-0.15, -0.1) is 0 Å². The molecule has 0 spiro atoms. The highest BCUT2D eigenvalue weighted by Gasteiger charge is 2.26. The number of carbonyl (C=O) groups excluding carboxylic acids is 2. The molecule has 3 aromatic carbocycles. The lowest BCUT2D eigenvalue weighted by Gasteiger charge is -2.19. The van der Waals surface area contributed by atoms with Crippen molar-refractivity contribution in [2.75, 3.05) is 13.2 Å². The van der Waals surface area contributed by atoms with Gasteiger partial charge in [0.2, 0.25) is 0 Å². The van der Waals surface area contributed by atoms with Crippen molar-refractivity contribution in [2.24, 2.45) is 0 Å². The van der Waals surface area contributed by atoms with Crippen LogP contribution in [0.5, 0.6) is 0 Å². The number of hydrogen-bond acceptors (Lipinski definition) is 5. The standard InChI is InChI=1S/C27H28O4S/c1-3-30-26(28)19-18-24(27(29)31-4-2)23-12-8-9-13-25(23)32-22-16-14-21(15-17-22)20-10-6-5-7-11-20/h5-17,24H,3-4,18-19H2,1-2H3. The van der Waals surface area contributed by atoms with E-state index in [1.54, 1.807) is 25.6 Å². The van der Waals surface area contributed by atoms with Crippen molar-refractivity contribution >= 4 is 23.7 Å². The molecule has 0 saturated heterocycles. The average molecular weight is 449 g/mol. The quantitative estimate of drug-likeness (QED) is 0.332. The van der Waals surface area contributed by atoms with Gasteiger partial charge < -0.3 is 9.47 Å². The molecule has 4 nitrogen and oxygen atoms in total. The van der Waals surface area contributed by atoms with Crippen LogP contribution in [-0.4, -0.2) is 25.2 Å². The van der Waals surface area contributed by atoms with Crippen molar-refractivity contribution < 1.29 is 19.1 Å². The molecule has 5 heteroatoms. The summed E-state index contributed by atoms with van der Waals surface area (Å²) >= 11 is 1.60. The van der Waals surface area contributed by atoms with Gasteiger partial charge in [0.1, 0.15) is 0 Å². The van der Waals surface area contributed by atoms with E-state index < -0.39 is 5.92 Å². The van der Waals surface area contributed by atoms with Crippen LogP contribution in [0.3, 0.4) is 0 Å². The second-order valence-corrected chi connectivity index (χ2v) is 8.29. The number of esters is 2. The van der Waals surface area contributed by atoms with E-state index >= 15 is 0 Å². The van der Waals surface area contributed by atoms with E-state index in [9.17, 15) is 9.59 Å². The first kappa shape index (κ1) is 23.6. The molecule has 1 atom stereocenters. The molecule has 0 bridgehead atoms. The highest BCUT2D eigenvalue weighted by molar-refractivity contribution is 7.99. The normalized spacial score (nSPS) is 11.6. The maximum Gasteiger partial charge on any atom is 0.313 e. The Morgan fingerprint density at radius 2 is 1.41 bits per heavy atom. The molecule has 0 aliphatic heterocycles. The van der Waals surface area contributed by atoms with Gasteiger partial charge in [-0.2, -0.15) is 0 Å². The molecule has 32 heavy (non-hydrogen) atoms. The van der Waals surface area contributed by atoms with Gasteiger partial charge >= 0.3 is 11.9 Å². The highest BCUT2D eigenvalue weighted by atomic mass is 32.2. The summed E-state index contributed by atoms with van der Waals surface area (Å²) in [6, 6.07) is 26.4. The molecule has 0 aliphatic carbocycles. The van der Waals surface area contributed by atoms with E-state index in [1.807, 2.05) is 42.5 Å². The fourth-order valence-corrected chi connectivity index (χ4v) is 4.47. The van der Waals surface area contributed by atoms with E-state index in [1.165, 1.54) is 5.56 Å². The predicted octanol–water partition coefficient (Wildman–Crippen LogP) is 6.49. The summed E-state index contributed by atoms with van der Waals surface area (Å²) in [6.45, 7) is 4.18. The molecule has 0 aliphatic rings. The van der Waals surface area contributed by atoms with Crippen LogP contribution in [0, 0.1) is 0 Å². The van der Waals surface area contributed by atoms with Gasteiger partial charge in [0.25, 0.3) is 0 Å². The first-order valence-electron chi connectivity index (χ1n) is 10.9. The van der Waals surface area contributed by atoms with E-state index in [4.69, 9.17) is 9.47 Å². The number of hydrogen-bond donors (Lipinski definition) is 0. The SMILES string of the molecule is CCOC(=O)CCC(C(=O)OCC)c1ccccc1Sc1ccc(-c2ccccc2)cc1. The Balaban J connectivity index is 1.82. The Kier molecular flexibility index (Phi) is 8.93. The Morgan fingerprint density at radius 1 is 0.781 bits per heavy atom. The molecule has 0 N–H and O–H groups in total. The van der Waals surface area contributed by atoms with Crippen LogP contribution in [0.1, 0.15) is 38.2 Å². The monoisotopic (exact) mass is 448 g/mol. The second kappa shape index (κ2) is 12.1. The third kappa shape index (κ3) is 6.47. The van der Waals surface area contributed by atoms with Crippen molar-refractivity contribution in [3.63, 3.8) is 0 Å². The van der Waals surface area contributed by atoms with Crippen molar-refractivity contribution in [2.45, 2.75) is 42.4 Å². The Bertz CT molecular complexity index is 1020. The minimum Gasteiger partial charge on any atom is -0.466 e. The highest BCUT2D eigenvalue weighted by Crippen LogP contribution is 2.37. The molecular weight excluding hydrogens is 420 g/mol. The summed E-state index contributed by atoms with van der Waals surface area (Å²) in [7, 11) is 0. The van der Waals surface area contributed by atoms with Crippen LogP contribution in [0.25, 0.3) is 11.1 Å². The van der Waals surface area contributed by atoms with Crippen molar-refractivity contribution in [3.05, 3.63) is 84.4 Å². The molecule has 0 heterocycles. The number of rotatable bonds is 10. The second-order valence-electron chi connectivity index (χ2n) is 7.18. The van der Waals surface area contributed by atoms with Crippen molar-refractivity contribution in [1.82, 2.24) is 0 Å². The maximum atomic E-state index is 12.7. The molecule has 3 aromatic rings. The lowest BCUT2D eigenvalue weighted by atomic mass is 9.94. The van der Waals surface area contributed by atoms with Gasteiger partial charge in [0.15, 0.2) is 0 Å². The summed E-state index contributed by atoms with van der Waals surface area (Å²) in [5.74, 6) is -1.14. The van der Waals surface area contributed by atoms with Crippen LogP contribution >= 0.6 is 11.8 Å². The first-order chi connectivity index (χ1) is 15.6. The first-order valence-corrected chi connectivity index (χ1v) is 11.7. The molecule has 0 amide bonds. The number of benzene rings is 3. The van der Waals surface area contributed by atoms with Crippen LogP contribution in [0.15, 0.2) is 88.7 Å². The summed E-state index contributed by atoms with van der Waals surface area (Å²) in [4.78, 5) is 26.7. The van der Waals surface area contributed by atoms with E-state index in [0.717, 1.165) is 20.9 Å². The molecular formula is C27H28O4S. The van der Waals surface area contributed by atoms with Gasteiger partial charge in [0.05, 0.1) is 19.1 Å². The van der Waals surface area contributed by atoms with E-state index in [-0.39, 0.29) is 18.4 Å². The van der Waals surface area contributed by atoms with E-state index in [0.29, 0.717) is 19.6 Å². The lowest BCUT2D eigenvalue weighted by molar-refractivity contribution is -0.146.